The van der Waals surface area contributed by atoms with E-state index in [0.29, 0.717) is 31.9 Å². The molecule has 1 fully saturated rings. The number of nitrogens with one attached hydrogen (secondary N) is 1. The number of hydrogen-bond acceptors (Lipinski definition) is 5. The maximum absolute atomic E-state index is 12.3. The molecular weight excluding hydrogens is 363 g/mol. The number of hydrogen-bond donors (Lipinski definition) is 1. The van der Waals surface area contributed by atoms with Crippen molar-refractivity contribution in [1.82, 2.24) is 10.3 Å². The van der Waals surface area contributed by atoms with Gasteiger partial charge in [0, 0.05) is 25.0 Å². The second kappa shape index (κ2) is 8.16. The fourth-order valence-corrected chi connectivity index (χ4v) is 3.08. The van der Waals surface area contributed by atoms with Gasteiger partial charge >= 0.3 is 6.18 Å². The molecular formula is C18H22F3N3O3. The van der Waals surface area contributed by atoms with Crippen molar-refractivity contribution in [2.75, 3.05) is 31.2 Å². The molecule has 1 atom stereocenters. The highest BCUT2D eigenvalue weighted by atomic mass is 19.4. The van der Waals surface area contributed by atoms with Crippen molar-refractivity contribution >= 4 is 23.0 Å². The molecule has 3 rings (SSSR count). The highest BCUT2D eigenvalue weighted by Gasteiger charge is 2.29. The van der Waals surface area contributed by atoms with Crippen LogP contribution in [0.4, 0.5) is 19.2 Å². The summed E-state index contributed by atoms with van der Waals surface area (Å²) in [4.78, 5) is 18.8. The lowest BCUT2D eigenvalue weighted by Gasteiger charge is -2.30. The number of rotatable bonds is 6. The van der Waals surface area contributed by atoms with Crippen LogP contribution in [-0.2, 0) is 9.53 Å². The first-order valence-corrected chi connectivity index (χ1v) is 8.87. The number of carbonyl (C=O) groups excluding carboxylic acids is 1. The zero-order valence-corrected chi connectivity index (χ0v) is 15.0. The molecule has 1 aromatic heterocycles. The highest BCUT2D eigenvalue weighted by molar-refractivity contribution is 5.79. The van der Waals surface area contributed by atoms with E-state index < -0.39 is 18.8 Å². The van der Waals surface area contributed by atoms with Gasteiger partial charge in [0.15, 0.2) is 5.58 Å². The smallest absolute Gasteiger partial charge is 0.411 e. The molecule has 0 aliphatic carbocycles. The van der Waals surface area contributed by atoms with Gasteiger partial charge in [0.05, 0.1) is 6.61 Å². The Labute approximate surface area is 154 Å². The molecule has 27 heavy (non-hydrogen) atoms. The molecule has 1 N–H and O–H groups in total. The summed E-state index contributed by atoms with van der Waals surface area (Å²) in [5, 5.41) is 2.72. The lowest BCUT2D eigenvalue weighted by atomic mass is 9.96. The number of carbonyl (C=O) groups is 1. The van der Waals surface area contributed by atoms with Crippen LogP contribution < -0.4 is 10.2 Å². The van der Waals surface area contributed by atoms with E-state index in [9.17, 15) is 18.0 Å². The molecule has 6 nitrogen and oxygen atoms in total. The summed E-state index contributed by atoms with van der Waals surface area (Å²) < 4.78 is 46.6. The predicted octanol–water partition coefficient (Wildman–Crippen LogP) is 3.13. The number of aromatic nitrogens is 1. The minimum absolute atomic E-state index is 0.157. The van der Waals surface area contributed by atoms with Gasteiger partial charge in [0.25, 0.3) is 6.01 Å². The second-order valence-corrected chi connectivity index (χ2v) is 6.77. The van der Waals surface area contributed by atoms with Crippen LogP contribution in [0.25, 0.3) is 11.1 Å². The minimum Gasteiger partial charge on any atom is -0.423 e. The summed E-state index contributed by atoms with van der Waals surface area (Å²) in [6.07, 6.45) is -3.11. The molecule has 0 unspecified atom stereocenters. The summed E-state index contributed by atoms with van der Waals surface area (Å²) >= 11 is 0. The number of benzene rings is 1. The number of alkyl halides is 3. The Balaban J connectivity index is 1.45. The number of fused-ring (bicyclic) bond motifs is 1. The van der Waals surface area contributed by atoms with Crippen molar-refractivity contribution in [2.45, 2.75) is 32.0 Å². The molecule has 0 radical (unpaired) electrons. The third kappa shape index (κ3) is 5.35. The number of para-hydroxylation sites is 2. The Hall–Kier alpha value is -2.29. The Morgan fingerprint density at radius 3 is 2.74 bits per heavy atom. The van der Waals surface area contributed by atoms with Gasteiger partial charge in [-0.15, -0.1) is 0 Å². The lowest BCUT2D eigenvalue weighted by Crippen LogP contribution is -2.44. The van der Waals surface area contributed by atoms with Crippen LogP contribution in [0.3, 0.4) is 0 Å². The molecule has 1 aliphatic heterocycles. The minimum atomic E-state index is -4.36. The summed E-state index contributed by atoms with van der Waals surface area (Å²) in [6.45, 7) is 1.40. The first-order chi connectivity index (χ1) is 12.8. The van der Waals surface area contributed by atoms with Crippen LogP contribution in [0, 0.1) is 5.92 Å². The summed E-state index contributed by atoms with van der Waals surface area (Å²) in [5.74, 6) is -0.342. The number of piperidine rings is 1. The van der Waals surface area contributed by atoms with Crippen LogP contribution in [0.1, 0.15) is 19.8 Å². The van der Waals surface area contributed by atoms with Gasteiger partial charge in [-0.2, -0.15) is 18.2 Å². The summed E-state index contributed by atoms with van der Waals surface area (Å²) in [5.41, 5.74) is 1.51. The number of halogens is 3. The average molecular weight is 385 g/mol. The van der Waals surface area contributed by atoms with Crippen molar-refractivity contribution in [1.29, 1.82) is 0 Å². The van der Waals surface area contributed by atoms with Crippen LogP contribution in [-0.4, -0.2) is 49.4 Å². The highest BCUT2D eigenvalue weighted by Crippen LogP contribution is 2.26. The zero-order valence-electron chi connectivity index (χ0n) is 15.0. The summed E-state index contributed by atoms with van der Waals surface area (Å²) in [7, 11) is 0. The molecule has 1 aliphatic rings. The molecule has 0 bridgehead atoms. The topological polar surface area (TPSA) is 67.6 Å². The second-order valence-electron chi connectivity index (χ2n) is 6.77. The van der Waals surface area contributed by atoms with E-state index in [1.54, 1.807) is 6.92 Å². The maximum Gasteiger partial charge on any atom is 0.411 e. The third-order valence-electron chi connectivity index (χ3n) is 4.44. The standard InChI is InChI=1S/C18H22F3N3O3/c1-12(10-26-11-18(19,20)21)22-16(25)13-6-8-24(9-7-13)17-23-14-4-2-3-5-15(14)27-17/h2-5,12-13H,6-11H2,1H3,(H,22,25)/t12-/m1/s1. The SMILES string of the molecule is C[C@H](COCC(F)(F)F)NC(=O)C1CCN(c2nc3ccccc3o2)CC1. The van der Waals surface area contributed by atoms with Crippen molar-refractivity contribution in [3.8, 4) is 0 Å². The van der Waals surface area contributed by atoms with Crippen LogP contribution in [0.15, 0.2) is 28.7 Å². The largest absolute Gasteiger partial charge is 0.423 e. The average Bonchev–Trinajstić information content (AvgIpc) is 3.05. The number of anilines is 1. The Morgan fingerprint density at radius 2 is 2.07 bits per heavy atom. The van der Waals surface area contributed by atoms with Crippen LogP contribution in [0.2, 0.25) is 0 Å². The van der Waals surface area contributed by atoms with E-state index in [2.05, 4.69) is 15.0 Å². The van der Waals surface area contributed by atoms with Crippen molar-refractivity contribution in [3.63, 3.8) is 0 Å². The van der Waals surface area contributed by atoms with Gasteiger partial charge in [-0.05, 0) is 31.9 Å². The zero-order chi connectivity index (χ0) is 19.4. The first kappa shape index (κ1) is 19.5. The monoisotopic (exact) mass is 385 g/mol. The van der Waals surface area contributed by atoms with Gasteiger partial charge in [-0.1, -0.05) is 12.1 Å². The van der Waals surface area contributed by atoms with Crippen LogP contribution in [0.5, 0.6) is 0 Å². The molecule has 1 saturated heterocycles. The van der Waals surface area contributed by atoms with E-state index in [1.807, 2.05) is 29.2 Å². The van der Waals surface area contributed by atoms with E-state index >= 15 is 0 Å². The molecule has 0 saturated carbocycles. The fraction of sp³-hybridized carbons (Fsp3) is 0.556. The third-order valence-corrected chi connectivity index (χ3v) is 4.44. The molecule has 2 aromatic rings. The Bertz CT molecular complexity index is 737. The number of amides is 1. The van der Waals surface area contributed by atoms with Crippen molar-refractivity contribution < 1.29 is 27.1 Å². The molecule has 2 heterocycles. The maximum atomic E-state index is 12.3. The van der Waals surface area contributed by atoms with Gasteiger partial charge in [-0.25, -0.2) is 0 Å². The molecule has 148 valence electrons. The van der Waals surface area contributed by atoms with Crippen molar-refractivity contribution in [3.05, 3.63) is 24.3 Å². The summed E-state index contributed by atoms with van der Waals surface area (Å²) in [6, 6.07) is 7.58. The predicted molar refractivity (Wildman–Crippen MR) is 93.4 cm³/mol. The normalized spacial score (nSPS) is 17.3. The Morgan fingerprint density at radius 1 is 1.37 bits per heavy atom. The van der Waals surface area contributed by atoms with E-state index in [0.717, 1.165) is 11.1 Å². The van der Waals surface area contributed by atoms with Gasteiger partial charge in [-0.3, -0.25) is 4.79 Å². The van der Waals surface area contributed by atoms with E-state index in [4.69, 9.17) is 4.42 Å². The molecule has 9 heteroatoms. The number of nitrogens with zero attached hydrogens (tertiary/aromatic N) is 2. The number of ether oxygens (including phenoxy) is 1. The number of oxazole rings is 1. The van der Waals surface area contributed by atoms with E-state index in [1.165, 1.54) is 0 Å². The quantitative estimate of drug-likeness (QED) is 0.828. The molecule has 1 amide bonds. The first-order valence-electron chi connectivity index (χ1n) is 8.87. The van der Waals surface area contributed by atoms with Crippen LogP contribution >= 0.6 is 0 Å². The lowest BCUT2D eigenvalue weighted by molar-refractivity contribution is -0.175. The van der Waals surface area contributed by atoms with Gasteiger partial charge in [0.1, 0.15) is 12.1 Å². The Kier molecular flexibility index (Phi) is 5.88. The molecule has 1 aromatic carbocycles. The van der Waals surface area contributed by atoms with E-state index in [-0.39, 0.29) is 18.4 Å². The van der Waals surface area contributed by atoms with Crippen molar-refractivity contribution in [2.24, 2.45) is 5.92 Å². The van der Waals surface area contributed by atoms with Gasteiger partial charge < -0.3 is 19.4 Å². The molecule has 0 spiro atoms. The fourth-order valence-electron chi connectivity index (χ4n) is 3.08. The van der Waals surface area contributed by atoms with Gasteiger partial charge in [0.2, 0.25) is 5.91 Å².